The zero-order valence-electron chi connectivity index (χ0n) is 11.6. The average molecular weight is 273 g/mol. The van der Waals surface area contributed by atoms with Gasteiger partial charge in [0, 0.05) is 11.8 Å². The Morgan fingerprint density at radius 1 is 0.952 bits per heavy atom. The number of hydrogen-bond acceptors (Lipinski definition) is 2. The van der Waals surface area contributed by atoms with Gasteiger partial charge in [0.25, 0.3) is 0 Å². The first-order valence-corrected chi connectivity index (χ1v) is 6.89. The first kappa shape index (κ1) is 13.1. The van der Waals surface area contributed by atoms with Gasteiger partial charge in [0.2, 0.25) is 0 Å². The predicted molar refractivity (Wildman–Crippen MR) is 82.5 cm³/mol. The molecule has 2 aromatic carbocycles. The number of nitriles is 1. The highest BCUT2D eigenvalue weighted by atomic mass is 15.3. The lowest BCUT2D eigenvalue weighted by atomic mass is 10.0. The zero-order chi connectivity index (χ0) is 14.5. The third-order valence-electron chi connectivity index (χ3n) is 3.47. The summed E-state index contributed by atoms with van der Waals surface area (Å²) in [5, 5.41) is 13.7. The van der Waals surface area contributed by atoms with Crippen LogP contribution in [0.15, 0.2) is 73.1 Å². The molecule has 0 aliphatic heterocycles. The maximum absolute atomic E-state index is 9.37. The van der Waals surface area contributed by atoms with Gasteiger partial charge in [-0.2, -0.15) is 10.4 Å². The number of hydrogen-bond donors (Lipinski definition) is 0. The Balaban J connectivity index is 1.80. The third kappa shape index (κ3) is 3.01. The van der Waals surface area contributed by atoms with Gasteiger partial charge in [0.05, 0.1) is 24.7 Å². The van der Waals surface area contributed by atoms with Gasteiger partial charge < -0.3 is 0 Å². The van der Waals surface area contributed by atoms with Gasteiger partial charge >= 0.3 is 0 Å². The molecule has 0 fully saturated rings. The molecular weight excluding hydrogens is 258 g/mol. The van der Waals surface area contributed by atoms with Crippen molar-refractivity contribution in [3.05, 3.63) is 78.6 Å². The molecule has 0 N–H and O–H groups in total. The predicted octanol–water partition coefficient (Wildman–Crippen LogP) is 3.86. The zero-order valence-corrected chi connectivity index (χ0v) is 11.6. The molecule has 0 saturated heterocycles. The molecule has 21 heavy (non-hydrogen) atoms. The molecule has 3 heteroatoms. The lowest BCUT2D eigenvalue weighted by molar-refractivity contribution is 0.579. The molecule has 0 aliphatic carbocycles. The number of rotatable bonds is 4. The average Bonchev–Trinajstić information content (AvgIpc) is 3.03. The van der Waals surface area contributed by atoms with Gasteiger partial charge in [-0.05, 0) is 11.1 Å². The molecule has 1 aromatic heterocycles. The molecule has 3 nitrogen and oxygen atoms in total. The minimum atomic E-state index is -0.185. The molecule has 1 heterocycles. The summed E-state index contributed by atoms with van der Waals surface area (Å²) in [6.45, 7) is 0.563. The van der Waals surface area contributed by atoms with Crippen molar-refractivity contribution in [2.24, 2.45) is 0 Å². The Morgan fingerprint density at radius 2 is 1.62 bits per heavy atom. The van der Waals surface area contributed by atoms with E-state index in [0.29, 0.717) is 6.54 Å². The standard InChI is InChI=1S/C18H15N3/c19-11-17(15-7-3-1-4-8-15)13-21-14-18(12-20-21)16-9-5-2-6-10-16/h1-10,12,14,17H,13H2. The van der Waals surface area contributed by atoms with E-state index >= 15 is 0 Å². The van der Waals surface area contributed by atoms with Crippen LogP contribution in [0.4, 0.5) is 0 Å². The summed E-state index contributed by atoms with van der Waals surface area (Å²) in [7, 11) is 0. The van der Waals surface area contributed by atoms with Crippen LogP contribution in [0.5, 0.6) is 0 Å². The highest BCUT2D eigenvalue weighted by molar-refractivity contribution is 5.61. The third-order valence-corrected chi connectivity index (χ3v) is 3.47. The van der Waals surface area contributed by atoms with Crippen LogP contribution in [-0.4, -0.2) is 9.78 Å². The van der Waals surface area contributed by atoms with E-state index in [1.807, 2.05) is 65.6 Å². The molecule has 102 valence electrons. The van der Waals surface area contributed by atoms with Crippen LogP contribution in [0.25, 0.3) is 11.1 Å². The lowest BCUT2D eigenvalue weighted by Crippen LogP contribution is -2.07. The SMILES string of the molecule is N#CC(Cn1cc(-c2ccccc2)cn1)c1ccccc1. The highest BCUT2D eigenvalue weighted by Crippen LogP contribution is 2.20. The molecule has 0 saturated carbocycles. The Labute approximate surface area is 124 Å². The fourth-order valence-corrected chi connectivity index (χ4v) is 2.34. The molecule has 3 aromatic rings. The number of aromatic nitrogens is 2. The summed E-state index contributed by atoms with van der Waals surface area (Å²) < 4.78 is 1.84. The van der Waals surface area contributed by atoms with Gasteiger partial charge in [-0.3, -0.25) is 4.68 Å². The van der Waals surface area contributed by atoms with Gasteiger partial charge in [0.1, 0.15) is 0 Å². The number of nitrogens with zero attached hydrogens (tertiary/aromatic N) is 3. The van der Waals surface area contributed by atoms with Gasteiger partial charge in [-0.15, -0.1) is 0 Å². The van der Waals surface area contributed by atoms with E-state index in [1.165, 1.54) is 0 Å². The van der Waals surface area contributed by atoms with Crippen LogP contribution in [0.3, 0.4) is 0 Å². The van der Waals surface area contributed by atoms with Crippen LogP contribution in [0.2, 0.25) is 0 Å². The van der Waals surface area contributed by atoms with E-state index in [-0.39, 0.29) is 5.92 Å². The second kappa shape index (κ2) is 6.06. The fraction of sp³-hybridized carbons (Fsp3) is 0.111. The van der Waals surface area contributed by atoms with Crippen molar-refractivity contribution < 1.29 is 0 Å². The van der Waals surface area contributed by atoms with E-state index in [2.05, 4.69) is 23.3 Å². The first-order valence-electron chi connectivity index (χ1n) is 6.89. The topological polar surface area (TPSA) is 41.6 Å². The molecule has 0 aliphatic rings. The van der Waals surface area contributed by atoms with E-state index in [1.54, 1.807) is 0 Å². The summed E-state index contributed by atoms with van der Waals surface area (Å²) in [5.74, 6) is -0.185. The fourth-order valence-electron chi connectivity index (χ4n) is 2.34. The van der Waals surface area contributed by atoms with Crippen molar-refractivity contribution in [2.75, 3.05) is 0 Å². The highest BCUT2D eigenvalue weighted by Gasteiger charge is 2.12. The minimum absolute atomic E-state index is 0.185. The maximum Gasteiger partial charge on any atom is 0.0908 e. The van der Waals surface area contributed by atoms with E-state index in [9.17, 15) is 5.26 Å². The molecule has 1 atom stereocenters. The van der Waals surface area contributed by atoms with Crippen LogP contribution < -0.4 is 0 Å². The van der Waals surface area contributed by atoms with Crippen molar-refractivity contribution >= 4 is 0 Å². The van der Waals surface area contributed by atoms with Crippen LogP contribution in [-0.2, 0) is 6.54 Å². The second-order valence-corrected chi connectivity index (χ2v) is 4.91. The van der Waals surface area contributed by atoms with Gasteiger partial charge in [0.15, 0.2) is 0 Å². The van der Waals surface area contributed by atoms with Crippen LogP contribution in [0.1, 0.15) is 11.5 Å². The Hall–Kier alpha value is -2.86. The molecule has 3 rings (SSSR count). The van der Waals surface area contributed by atoms with Crippen molar-refractivity contribution in [1.29, 1.82) is 5.26 Å². The van der Waals surface area contributed by atoms with E-state index in [0.717, 1.165) is 16.7 Å². The molecule has 1 unspecified atom stereocenters. The Morgan fingerprint density at radius 3 is 2.29 bits per heavy atom. The van der Waals surface area contributed by atoms with Crippen molar-refractivity contribution in [2.45, 2.75) is 12.5 Å². The maximum atomic E-state index is 9.37. The summed E-state index contributed by atoms with van der Waals surface area (Å²) in [6, 6.07) is 22.3. The Bertz CT molecular complexity index is 739. The second-order valence-electron chi connectivity index (χ2n) is 4.91. The van der Waals surface area contributed by atoms with Gasteiger partial charge in [-0.25, -0.2) is 0 Å². The normalized spacial score (nSPS) is 11.8. The smallest absolute Gasteiger partial charge is 0.0908 e. The summed E-state index contributed by atoms with van der Waals surface area (Å²) in [5.41, 5.74) is 3.23. The largest absolute Gasteiger partial charge is 0.270 e. The molecule has 0 spiro atoms. The summed E-state index contributed by atoms with van der Waals surface area (Å²) in [6.07, 6.45) is 3.83. The van der Waals surface area contributed by atoms with E-state index < -0.39 is 0 Å². The van der Waals surface area contributed by atoms with Crippen LogP contribution >= 0.6 is 0 Å². The number of benzene rings is 2. The minimum Gasteiger partial charge on any atom is -0.270 e. The molecule has 0 amide bonds. The van der Waals surface area contributed by atoms with Crippen molar-refractivity contribution in [3.63, 3.8) is 0 Å². The molecular formula is C18H15N3. The monoisotopic (exact) mass is 273 g/mol. The van der Waals surface area contributed by atoms with Crippen molar-refractivity contribution in [1.82, 2.24) is 9.78 Å². The van der Waals surface area contributed by atoms with Crippen LogP contribution in [0, 0.1) is 11.3 Å². The lowest BCUT2D eigenvalue weighted by Gasteiger charge is -2.09. The Kier molecular flexibility index (Phi) is 3.79. The summed E-state index contributed by atoms with van der Waals surface area (Å²) in [4.78, 5) is 0. The van der Waals surface area contributed by atoms with Gasteiger partial charge in [-0.1, -0.05) is 60.7 Å². The quantitative estimate of drug-likeness (QED) is 0.724. The van der Waals surface area contributed by atoms with E-state index in [4.69, 9.17) is 0 Å². The molecule has 0 radical (unpaired) electrons. The summed E-state index contributed by atoms with van der Waals surface area (Å²) >= 11 is 0. The molecule has 0 bridgehead atoms. The van der Waals surface area contributed by atoms with Crippen molar-refractivity contribution in [3.8, 4) is 17.2 Å². The first-order chi connectivity index (χ1) is 10.4.